The van der Waals surface area contributed by atoms with Gasteiger partial charge >= 0.3 is 0 Å². The molecule has 0 unspecified atom stereocenters. The van der Waals surface area contributed by atoms with Crippen molar-refractivity contribution >= 4 is 16.6 Å². The second-order valence-electron chi connectivity index (χ2n) is 6.21. The molecular formula is C21H20N4O. The van der Waals surface area contributed by atoms with E-state index in [2.05, 4.69) is 15.4 Å². The Morgan fingerprint density at radius 1 is 0.962 bits per heavy atom. The van der Waals surface area contributed by atoms with E-state index in [1.807, 2.05) is 71.8 Å². The molecule has 0 aliphatic carbocycles. The number of nitrogens with zero attached hydrogens (tertiary/aromatic N) is 3. The maximum Gasteiger partial charge on any atom is 0.148 e. The van der Waals surface area contributed by atoms with Crippen LogP contribution in [0.3, 0.4) is 0 Å². The Labute approximate surface area is 151 Å². The number of rotatable bonds is 6. The highest BCUT2D eigenvalue weighted by Gasteiger charge is 2.07. The number of anilines is 1. The molecule has 2 aromatic carbocycles. The summed E-state index contributed by atoms with van der Waals surface area (Å²) in [7, 11) is 0. The minimum Gasteiger partial charge on any atom is -0.508 e. The fourth-order valence-electron chi connectivity index (χ4n) is 3.06. The molecule has 5 heteroatoms. The van der Waals surface area contributed by atoms with Crippen LogP contribution in [0, 0.1) is 0 Å². The van der Waals surface area contributed by atoms with Gasteiger partial charge in [-0.3, -0.25) is 9.67 Å². The van der Waals surface area contributed by atoms with Crippen LogP contribution in [0.1, 0.15) is 11.1 Å². The van der Waals surface area contributed by atoms with Gasteiger partial charge in [0.2, 0.25) is 0 Å². The molecule has 26 heavy (non-hydrogen) atoms. The number of phenols is 1. The topological polar surface area (TPSA) is 63.0 Å². The second-order valence-corrected chi connectivity index (χ2v) is 6.21. The molecule has 4 rings (SSSR count). The zero-order valence-electron chi connectivity index (χ0n) is 14.3. The zero-order valence-corrected chi connectivity index (χ0v) is 14.3. The molecule has 0 atom stereocenters. The van der Waals surface area contributed by atoms with E-state index in [9.17, 15) is 5.11 Å². The number of pyridine rings is 1. The number of aromatic nitrogens is 3. The molecule has 0 radical (unpaired) electrons. The SMILES string of the molecule is Oc1ccc2ccccc2c1CNc1ccn(CCc2ccncc2)n1. The summed E-state index contributed by atoms with van der Waals surface area (Å²) in [5.74, 6) is 1.10. The molecule has 2 heterocycles. The van der Waals surface area contributed by atoms with E-state index < -0.39 is 0 Å². The van der Waals surface area contributed by atoms with Gasteiger partial charge in [-0.05, 0) is 41.0 Å². The number of benzene rings is 2. The summed E-state index contributed by atoms with van der Waals surface area (Å²) < 4.78 is 1.92. The van der Waals surface area contributed by atoms with Gasteiger partial charge in [-0.1, -0.05) is 30.3 Å². The van der Waals surface area contributed by atoms with Crippen molar-refractivity contribution in [2.75, 3.05) is 5.32 Å². The maximum absolute atomic E-state index is 10.2. The fraction of sp³-hybridized carbons (Fsp3) is 0.143. The van der Waals surface area contributed by atoms with Crippen LogP contribution in [0.2, 0.25) is 0 Å². The van der Waals surface area contributed by atoms with Gasteiger partial charge < -0.3 is 10.4 Å². The largest absolute Gasteiger partial charge is 0.508 e. The van der Waals surface area contributed by atoms with E-state index in [-0.39, 0.29) is 0 Å². The minimum atomic E-state index is 0.299. The molecular weight excluding hydrogens is 324 g/mol. The third-order valence-electron chi connectivity index (χ3n) is 4.48. The summed E-state index contributed by atoms with van der Waals surface area (Å²) in [6, 6.07) is 17.7. The number of phenolic OH excluding ortho intramolecular Hbond substituents is 1. The molecule has 0 saturated carbocycles. The Hall–Kier alpha value is -3.34. The van der Waals surface area contributed by atoms with Gasteiger partial charge in [-0.25, -0.2) is 0 Å². The van der Waals surface area contributed by atoms with Crippen molar-refractivity contribution in [3.63, 3.8) is 0 Å². The van der Waals surface area contributed by atoms with Gasteiger partial charge in [-0.15, -0.1) is 0 Å². The number of nitrogens with one attached hydrogen (secondary N) is 1. The van der Waals surface area contributed by atoms with Crippen LogP contribution < -0.4 is 5.32 Å². The molecule has 0 bridgehead atoms. The van der Waals surface area contributed by atoms with Crippen molar-refractivity contribution < 1.29 is 5.11 Å². The van der Waals surface area contributed by atoms with Crippen molar-refractivity contribution in [2.24, 2.45) is 0 Å². The quantitative estimate of drug-likeness (QED) is 0.555. The van der Waals surface area contributed by atoms with Crippen LogP contribution in [0.5, 0.6) is 5.75 Å². The average molecular weight is 344 g/mol. The van der Waals surface area contributed by atoms with Crippen LogP contribution in [-0.4, -0.2) is 19.9 Å². The van der Waals surface area contributed by atoms with E-state index >= 15 is 0 Å². The van der Waals surface area contributed by atoms with Gasteiger partial charge in [0, 0.05) is 43.3 Å². The smallest absolute Gasteiger partial charge is 0.148 e. The first-order valence-electron chi connectivity index (χ1n) is 8.65. The number of hydrogen-bond acceptors (Lipinski definition) is 4. The van der Waals surface area contributed by atoms with Crippen molar-refractivity contribution in [1.82, 2.24) is 14.8 Å². The highest BCUT2D eigenvalue weighted by atomic mass is 16.3. The van der Waals surface area contributed by atoms with Crippen LogP contribution in [0.25, 0.3) is 10.8 Å². The van der Waals surface area contributed by atoms with Gasteiger partial charge in [0.05, 0.1) is 0 Å². The molecule has 0 spiro atoms. The maximum atomic E-state index is 10.2. The highest BCUT2D eigenvalue weighted by Crippen LogP contribution is 2.27. The van der Waals surface area contributed by atoms with Gasteiger partial charge in [0.25, 0.3) is 0 Å². The summed E-state index contributed by atoms with van der Waals surface area (Å²) >= 11 is 0. The van der Waals surface area contributed by atoms with Gasteiger partial charge in [0.1, 0.15) is 11.6 Å². The molecule has 0 fully saturated rings. The van der Waals surface area contributed by atoms with Crippen molar-refractivity contribution in [2.45, 2.75) is 19.5 Å². The normalized spacial score (nSPS) is 10.9. The van der Waals surface area contributed by atoms with E-state index in [0.29, 0.717) is 12.3 Å². The summed E-state index contributed by atoms with van der Waals surface area (Å²) in [6.45, 7) is 1.33. The summed E-state index contributed by atoms with van der Waals surface area (Å²) in [6.07, 6.45) is 6.49. The van der Waals surface area contributed by atoms with Gasteiger partial charge in [-0.2, -0.15) is 5.10 Å². The first-order valence-corrected chi connectivity index (χ1v) is 8.65. The molecule has 0 aliphatic heterocycles. The highest BCUT2D eigenvalue weighted by molar-refractivity contribution is 5.87. The monoisotopic (exact) mass is 344 g/mol. The summed E-state index contributed by atoms with van der Waals surface area (Å²) in [4.78, 5) is 4.03. The second kappa shape index (κ2) is 7.27. The third kappa shape index (κ3) is 3.52. The fourth-order valence-corrected chi connectivity index (χ4v) is 3.06. The third-order valence-corrected chi connectivity index (χ3v) is 4.48. The van der Waals surface area contributed by atoms with Crippen LogP contribution in [0.4, 0.5) is 5.82 Å². The Morgan fingerprint density at radius 3 is 2.69 bits per heavy atom. The van der Waals surface area contributed by atoms with E-state index in [1.165, 1.54) is 5.56 Å². The van der Waals surface area contributed by atoms with E-state index in [0.717, 1.165) is 35.1 Å². The van der Waals surface area contributed by atoms with Crippen LogP contribution in [0.15, 0.2) is 73.2 Å². The molecule has 130 valence electrons. The predicted octanol–water partition coefficient (Wildman–Crippen LogP) is 3.99. The standard InChI is InChI=1S/C21H20N4O/c26-20-6-5-17-3-1-2-4-18(17)19(20)15-23-21-10-14-25(24-21)13-9-16-7-11-22-12-8-16/h1-8,10-12,14,26H,9,13,15H2,(H,23,24). The predicted molar refractivity (Wildman–Crippen MR) is 103 cm³/mol. The number of hydrogen-bond donors (Lipinski definition) is 2. The minimum absolute atomic E-state index is 0.299. The number of aromatic hydroxyl groups is 1. The molecule has 0 aliphatic rings. The average Bonchev–Trinajstić information content (AvgIpc) is 3.14. The van der Waals surface area contributed by atoms with Crippen LogP contribution >= 0.6 is 0 Å². The number of fused-ring (bicyclic) bond motifs is 1. The Bertz CT molecular complexity index is 1010. The number of aryl methyl sites for hydroxylation is 2. The Morgan fingerprint density at radius 2 is 1.81 bits per heavy atom. The zero-order chi connectivity index (χ0) is 17.8. The first-order chi connectivity index (χ1) is 12.8. The van der Waals surface area contributed by atoms with Gasteiger partial charge in [0.15, 0.2) is 0 Å². The lowest BCUT2D eigenvalue weighted by atomic mass is 10.0. The first kappa shape index (κ1) is 16.1. The molecule has 4 aromatic rings. The van der Waals surface area contributed by atoms with E-state index in [1.54, 1.807) is 6.07 Å². The summed E-state index contributed by atoms with van der Waals surface area (Å²) in [5, 5.41) is 20.3. The van der Waals surface area contributed by atoms with Crippen LogP contribution in [-0.2, 0) is 19.5 Å². The van der Waals surface area contributed by atoms with Crippen molar-refractivity contribution in [3.05, 3.63) is 84.3 Å². The van der Waals surface area contributed by atoms with Crippen molar-refractivity contribution in [1.29, 1.82) is 0 Å². The molecule has 2 N–H and O–H groups in total. The lowest BCUT2D eigenvalue weighted by molar-refractivity contribution is 0.470. The molecule has 0 amide bonds. The van der Waals surface area contributed by atoms with E-state index in [4.69, 9.17) is 0 Å². The lowest BCUT2D eigenvalue weighted by Gasteiger charge is -2.10. The summed E-state index contributed by atoms with van der Waals surface area (Å²) in [5.41, 5.74) is 2.13. The molecule has 5 nitrogen and oxygen atoms in total. The van der Waals surface area contributed by atoms with Crippen molar-refractivity contribution in [3.8, 4) is 5.75 Å². The molecule has 0 saturated heterocycles. The molecule has 2 aromatic heterocycles. The Kier molecular flexibility index (Phi) is 4.51. The lowest BCUT2D eigenvalue weighted by Crippen LogP contribution is -2.05. The Balaban J connectivity index is 1.43.